The monoisotopic (exact) mass is 1510 g/mol. The first kappa shape index (κ1) is 75.6. The van der Waals surface area contributed by atoms with Gasteiger partial charge in [0.25, 0.3) is 35.2 Å². The molecule has 0 aliphatic carbocycles. The fourth-order valence-corrected chi connectivity index (χ4v) is 12.5. The molecule has 0 aliphatic heterocycles. The van der Waals surface area contributed by atoms with Gasteiger partial charge in [0, 0.05) is 65.1 Å². The maximum Gasteiger partial charge on any atom is 0.432 e. The molecule has 4 heterocycles. The number of nitrogens with zero attached hydrogens (tertiary/aromatic N) is 7. The van der Waals surface area contributed by atoms with Crippen molar-refractivity contribution in [2.24, 2.45) is 0 Å². The second-order valence-electron chi connectivity index (χ2n) is 22.2. The van der Waals surface area contributed by atoms with Crippen molar-refractivity contribution in [2.45, 2.75) is 91.2 Å². The Morgan fingerprint density at radius 1 is 0.653 bits per heavy atom. The van der Waals surface area contributed by atoms with E-state index >= 15 is 0 Å². The maximum absolute atomic E-state index is 14.8. The van der Waals surface area contributed by atoms with Crippen LogP contribution in [0.4, 0.5) is 43.4 Å². The lowest BCUT2D eigenvalue weighted by molar-refractivity contribution is -0.304. The van der Waals surface area contributed by atoms with Crippen LogP contribution in [0.25, 0.3) is 11.6 Å². The minimum absolute atomic E-state index is 0.0908. The van der Waals surface area contributed by atoms with Crippen LogP contribution in [0.5, 0.6) is 0 Å². The highest BCUT2D eigenvalue weighted by Crippen LogP contribution is 2.53. The summed E-state index contributed by atoms with van der Waals surface area (Å²) in [4.78, 5) is 59.2. The van der Waals surface area contributed by atoms with Crippen molar-refractivity contribution in [3.05, 3.63) is 201 Å². The van der Waals surface area contributed by atoms with E-state index in [0.29, 0.717) is 98.8 Å². The summed E-state index contributed by atoms with van der Waals surface area (Å²) in [5.74, 6) is -6.72. The molecule has 4 amide bonds. The number of anilines is 3. The molecule has 3 unspecified atom stereocenters. The summed E-state index contributed by atoms with van der Waals surface area (Å²) in [5.41, 5.74) is -2.67. The van der Waals surface area contributed by atoms with E-state index in [-0.39, 0.29) is 52.4 Å². The zero-order valence-corrected chi connectivity index (χ0v) is 57.7. The van der Waals surface area contributed by atoms with Gasteiger partial charge in [-0.15, -0.1) is 0 Å². The van der Waals surface area contributed by atoms with Gasteiger partial charge in [-0.1, -0.05) is 53.0 Å². The number of aliphatic hydroxyl groups excluding tert-OH is 2. The van der Waals surface area contributed by atoms with Crippen LogP contribution in [0.1, 0.15) is 125 Å². The molecular formula is C63H63Cl3F6IN13O8S. The summed E-state index contributed by atoms with van der Waals surface area (Å²) in [7, 11) is -0.438. The lowest BCUT2D eigenvalue weighted by Crippen LogP contribution is -2.51. The summed E-state index contributed by atoms with van der Waals surface area (Å²) in [5, 5.41) is 57.0. The molecule has 4 aromatic heterocycles. The highest BCUT2D eigenvalue weighted by Gasteiger charge is 2.70. The van der Waals surface area contributed by atoms with Gasteiger partial charge in [-0.2, -0.15) is 28.6 Å². The molecule has 8 aromatic rings. The SMILES string of the molecule is CNC(=O)c1cc(C#N)cc(C)c1NC(O)c1cc(C)nn1-c1ncccc1Cl.CNC(=O)c1cc(Cl)cc(C)c1NC(O)c1cc(C)nn1-c1ncccc1Cl.Cc1cc(C(F)(C(C)(F)F)C(F)(F)F)ccc1NC(=O)c1cccc(I)c1C(=O)NC(C)(C)CS(C)(=O)=O. The predicted molar refractivity (Wildman–Crippen MR) is 357 cm³/mol. The quantitative estimate of drug-likeness (QED) is 0.0225. The molecule has 32 heteroatoms. The fraction of sp³-hybridized carbons (Fsp3) is 0.286. The number of carbonyl (C=O) groups is 4. The molecule has 504 valence electrons. The van der Waals surface area contributed by atoms with E-state index in [1.165, 1.54) is 68.5 Å². The topological polar surface area (TPSA) is 300 Å². The maximum atomic E-state index is 14.8. The third-order valence-electron chi connectivity index (χ3n) is 13.9. The number of aliphatic hydroxyl groups is 2. The summed E-state index contributed by atoms with van der Waals surface area (Å²) < 4.78 is 109. The van der Waals surface area contributed by atoms with Crippen LogP contribution >= 0.6 is 57.4 Å². The highest BCUT2D eigenvalue weighted by molar-refractivity contribution is 14.1. The molecular weight excluding hydrogens is 1450 g/mol. The number of alkyl halides is 6. The smallest absolute Gasteiger partial charge is 0.368 e. The zero-order valence-electron chi connectivity index (χ0n) is 52.4. The Morgan fingerprint density at radius 2 is 1.15 bits per heavy atom. The van der Waals surface area contributed by atoms with Crippen molar-refractivity contribution in [3.8, 4) is 17.7 Å². The third-order valence-corrected chi connectivity index (χ3v) is 16.8. The summed E-state index contributed by atoms with van der Waals surface area (Å²) in [6.07, 6.45) is -4.14. The average Bonchev–Trinajstić information content (AvgIpc) is 1.44. The van der Waals surface area contributed by atoms with Gasteiger partial charge in [0.05, 0.1) is 83.8 Å². The third kappa shape index (κ3) is 18.1. The number of hydrogen-bond donors (Lipinski definition) is 8. The van der Waals surface area contributed by atoms with Crippen molar-refractivity contribution in [3.63, 3.8) is 0 Å². The van der Waals surface area contributed by atoms with E-state index < -0.39 is 63.0 Å². The number of halogens is 10. The zero-order chi connectivity index (χ0) is 71.0. The van der Waals surface area contributed by atoms with Gasteiger partial charge in [0.15, 0.2) is 24.1 Å². The molecule has 95 heavy (non-hydrogen) atoms. The minimum atomic E-state index is -5.92. The van der Waals surface area contributed by atoms with Crippen LogP contribution in [0.15, 0.2) is 109 Å². The number of carbonyl (C=O) groups excluding carboxylic acids is 4. The highest BCUT2D eigenvalue weighted by atomic mass is 127. The van der Waals surface area contributed by atoms with Gasteiger partial charge in [-0.05, 0) is 167 Å². The molecule has 0 radical (unpaired) electrons. The Labute approximate surface area is 571 Å². The number of pyridine rings is 2. The average molecular weight is 1510 g/mol. The molecule has 3 atom stereocenters. The van der Waals surface area contributed by atoms with Crippen LogP contribution in [-0.4, -0.2) is 116 Å². The predicted octanol–water partition coefficient (Wildman–Crippen LogP) is 12.3. The lowest BCUT2D eigenvalue weighted by Gasteiger charge is -2.33. The van der Waals surface area contributed by atoms with Crippen molar-refractivity contribution in [1.82, 2.24) is 45.5 Å². The Balaban J connectivity index is 0.000000229. The molecule has 8 N–H and O–H groups in total. The van der Waals surface area contributed by atoms with Gasteiger partial charge in [0.2, 0.25) is 0 Å². The minimum Gasteiger partial charge on any atom is -0.368 e. The molecule has 0 aliphatic rings. The Bertz CT molecular complexity index is 4380. The van der Waals surface area contributed by atoms with Gasteiger partial charge in [-0.3, -0.25) is 19.2 Å². The second-order valence-corrected chi connectivity index (χ2v) is 26.7. The summed E-state index contributed by atoms with van der Waals surface area (Å²) in [6.45, 7) is 11.1. The number of aromatic nitrogens is 6. The Hall–Kier alpha value is -8.38. The van der Waals surface area contributed by atoms with Crippen molar-refractivity contribution in [2.75, 3.05) is 42.1 Å². The van der Waals surface area contributed by atoms with Crippen molar-refractivity contribution < 1.29 is 64.2 Å². The largest absolute Gasteiger partial charge is 0.432 e. The molecule has 0 saturated carbocycles. The number of nitriles is 1. The first-order valence-electron chi connectivity index (χ1n) is 28.0. The first-order chi connectivity index (χ1) is 44.2. The van der Waals surface area contributed by atoms with E-state index in [1.54, 1.807) is 117 Å². The van der Waals surface area contributed by atoms with Crippen LogP contribution < -0.4 is 31.9 Å². The Kier molecular flexibility index (Phi) is 24.3. The molecule has 0 fully saturated rings. The number of sulfone groups is 1. The van der Waals surface area contributed by atoms with Crippen molar-refractivity contribution >= 4 is 108 Å². The van der Waals surface area contributed by atoms with Gasteiger partial charge in [-0.25, -0.2) is 40.9 Å². The van der Waals surface area contributed by atoms with Crippen LogP contribution in [0, 0.1) is 49.5 Å². The van der Waals surface area contributed by atoms with Gasteiger partial charge < -0.3 is 42.1 Å². The van der Waals surface area contributed by atoms with Crippen LogP contribution in [0.3, 0.4) is 0 Å². The summed E-state index contributed by atoms with van der Waals surface area (Å²) >= 11 is 20.4. The number of amides is 4. The van der Waals surface area contributed by atoms with Crippen LogP contribution in [0.2, 0.25) is 15.1 Å². The molecule has 21 nitrogen and oxygen atoms in total. The molecule has 8 rings (SSSR count). The van der Waals surface area contributed by atoms with Crippen molar-refractivity contribution in [1.29, 1.82) is 5.26 Å². The molecule has 0 bridgehead atoms. The van der Waals surface area contributed by atoms with Gasteiger partial charge in [0.1, 0.15) is 9.84 Å². The van der Waals surface area contributed by atoms with Gasteiger partial charge >= 0.3 is 6.18 Å². The lowest BCUT2D eigenvalue weighted by atomic mass is 9.88. The second kappa shape index (κ2) is 30.6. The standard InChI is InChI=1S/C24H25F6IN2O4S.C20H19ClN6O2.C19H19Cl2N5O2/c1-13-11-14(23(27,22(4,25)26)24(28,29)30)9-10-17(13)32-19(34)15-7-6-8-16(31)18(15)20(35)33-21(2,3)12-38(5,36)37;1-11-7-13(10-22)9-14(19(28)23-3)17(11)25-20(29)16-8-12(2)26-27(16)18-15(21)5-4-6-24-18;1-10-7-12(20)9-13(18(27)22-3)16(10)24-19(28)15-8-11(2)25-26(15)17-14(21)5-4-6-23-17/h6-11H,12H2,1-5H3,(H,32,34)(H,33,35);4-9,20,25,29H,1-3H3,(H,23,28);4-9,19,24,28H,1-3H3,(H,22,27). The normalized spacial score (nSPS) is 12.9. The number of hydrogen-bond acceptors (Lipinski definition) is 15. The van der Waals surface area contributed by atoms with E-state index in [1.807, 2.05) is 6.07 Å². The van der Waals surface area contributed by atoms with E-state index in [2.05, 4.69) is 52.1 Å². The van der Waals surface area contributed by atoms with E-state index in [9.17, 15) is 69.4 Å². The first-order valence-corrected chi connectivity index (χ1v) is 32.3. The fourth-order valence-electron chi connectivity index (χ4n) is 9.74. The Morgan fingerprint density at radius 3 is 1.59 bits per heavy atom. The summed E-state index contributed by atoms with van der Waals surface area (Å²) in [6, 6.07) is 24.8. The number of nitrogens with one attached hydrogen (secondary N) is 6. The number of rotatable bonds is 18. The molecule has 0 spiro atoms. The van der Waals surface area contributed by atoms with Crippen LogP contribution in [-0.2, 0) is 15.5 Å². The number of benzene rings is 4. The number of aryl methyl sites for hydroxylation is 5. The van der Waals surface area contributed by atoms with E-state index in [4.69, 9.17) is 34.8 Å². The van der Waals surface area contributed by atoms with E-state index in [0.717, 1.165) is 12.3 Å². The molecule has 4 aromatic carbocycles. The molecule has 0 saturated heterocycles.